The van der Waals surface area contributed by atoms with E-state index in [2.05, 4.69) is 50.8 Å². The Bertz CT molecular complexity index is 1220. The zero-order chi connectivity index (χ0) is 24.5. The first kappa shape index (κ1) is 25.9. The van der Waals surface area contributed by atoms with Crippen LogP contribution in [0.2, 0.25) is 0 Å². The number of carbonyl (C=O) groups is 1. The minimum Gasteiger partial charge on any atom is -0.465 e. The Morgan fingerprint density at radius 1 is 1.33 bits per heavy atom. The molecule has 1 amide bonds. The summed E-state index contributed by atoms with van der Waals surface area (Å²) in [6.07, 6.45) is -0.907. The van der Waals surface area contributed by atoms with Gasteiger partial charge in [0.05, 0.1) is 16.8 Å². The van der Waals surface area contributed by atoms with E-state index in [9.17, 15) is 22.4 Å². The van der Waals surface area contributed by atoms with E-state index in [1.165, 1.54) is 26.2 Å². The lowest BCUT2D eigenvalue weighted by atomic mass is 10.3. The molecule has 0 saturated heterocycles. The minimum absolute atomic E-state index is 0.0184. The molecular weight excluding hydrogens is 537 g/mol. The van der Waals surface area contributed by atoms with Crippen LogP contribution in [-0.4, -0.2) is 71.8 Å². The molecule has 33 heavy (non-hydrogen) atoms. The van der Waals surface area contributed by atoms with Crippen LogP contribution in [0.1, 0.15) is 0 Å². The molecule has 3 aromatic rings. The smallest absolute Gasteiger partial charge is 0.446 e. The Morgan fingerprint density at radius 3 is 2.64 bits per heavy atom. The third kappa shape index (κ3) is 7.34. The van der Waals surface area contributed by atoms with Gasteiger partial charge in [0, 0.05) is 20.6 Å². The monoisotopic (exact) mass is 553 g/mol. The van der Waals surface area contributed by atoms with Crippen molar-refractivity contribution in [2.24, 2.45) is 0 Å². The second-order valence-corrected chi connectivity index (χ2v) is 7.64. The molecule has 0 unspecified atom stereocenters. The van der Waals surface area contributed by atoms with Gasteiger partial charge in [0.2, 0.25) is 28.2 Å². The average molecular weight is 554 g/mol. The fourth-order valence-electron chi connectivity index (χ4n) is 1.96. The summed E-state index contributed by atoms with van der Waals surface area (Å²) in [7, 11) is 0.217. The Morgan fingerprint density at radius 2 is 2.03 bits per heavy atom. The lowest BCUT2D eigenvalue weighted by molar-refractivity contribution is 0.165. The summed E-state index contributed by atoms with van der Waals surface area (Å²) in [4.78, 5) is 27.8. The van der Waals surface area contributed by atoms with Gasteiger partial charge in [0.25, 0.3) is 0 Å². The highest BCUT2D eigenvalue weighted by molar-refractivity contribution is 9.10. The number of aromatic nitrogens is 4. The Labute approximate surface area is 194 Å². The largest absolute Gasteiger partial charge is 0.465 e. The maximum atomic E-state index is 13.5. The third-order valence-corrected chi connectivity index (χ3v) is 4.55. The van der Waals surface area contributed by atoms with Gasteiger partial charge in [-0.15, -0.1) is 0 Å². The zero-order valence-corrected chi connectivity index (χ0v) is 19.4. The minimum atomic E-state index is -2.73. The first-order valence-corrected chi connectivity index (χ1v) is 10.6. The van der Waals surface area contributed by atoms with Gasteiger partial charge in [-0.1, -0.05) is 5.16 Å². The van der Waals surface area contributed by atoms with Crippen molar-refractivity contribution in [2.75, 3.05) is 32.7 Å². The van der Waals surface area contributed by atoms with Gasteiger partial charge < -0.3 is 10.0 Å². The summed E-state index contributed by atoms with van der Waals surface area (Å²) >= 11 is 3.03. The van der Waals surface area contributed by atoms with Crippen molar-refractivity contribution >= 4 is 38.7 Å². The van der Waals surface area contributed by atoms with Crippen LogP contribution in [0.15, 0.2) is 36.6 Å². The highest BCUT2D eigenvalue weighted by Crippen LogP contribution is 2.26. The third-order valence-electron chi connectivity index (χ3n) is 3.46. The fourth-order valence-corrected chi connectivity index (χ4v) is 2.60. The Kier molecular flexibility index (Phi) is 9.45. The molecule has 0 aliphatic rings. The Balaban J connectivity index is 0.000000569. The van der Waals surface area contributed by atoms with E-state index in [1.807, 2.05) is 0 Å². The molecule has 0 aliphatic heterocycles. The summed E-state index contributed by atoms with van der Waals surface area (Å²) in [5.74, 6) is -1.48. The topological polar surface area (TPSA) is 195 Å². The lowest BCUT2D eigenvalue weighted by Gasteiger charge is -2.06. The van der Waals surface area contributed by atoms with Crippen LogP contribution in [0, 0.1) is 5.82 Å². The second kappa shape index (κ2) is 12.0. The molecular formula is C15H17BrFN7O8S. The van der Waals surface area contributed by atoms with Gasteiger partial charge >= 0.3 is 11.8 Å². The molecule has 0 fully saturated rings. The number of benzene rings is 1. The molecule has 3 N–H and O–H groups in total. The molecule has 180 valence electrons. The van der Waals surface area contributed by atoms with E-state index >= 15 is 0 Å². The van der Waals surface area contributed by atoms with E-state index in [0.29, 0.717) is 0 Å². The van der Waals surface area contributed by atoms with Crippen LogP contribution in [0.3, 0.4) is 0 Å². The summed E-state index contributed by atoms with van der Waals surface area (Å²) in [5.41, 5.74) is 2.63. The number of anilines is 1. The molecule has 2 aromatic heterocycles. The number of hydrogen-bond acceptors (Lipinski definition) is 11. The van der Waals surface area contributed by atoms with Gasteiger partial charge in [0.15, 0.2) is 0 Å². The molecule has 18 heteroatoms. The van der Waals surface area contributed by atoms with Crippen molar-refractivity contribution in [3.8, 4) is 17.2 Å². The van der Waals surface area contributed by atoms with Crippen LogP contribution >= 0.6 is 15.9 Å². The quantitative estimate of drug-likeness (QED) is 0.171. The standard InChI is InChI=1S/C12H10BrFN6O6S.C3H7NO2/c13-7-5-6(1-2-8(7)14)20-11(19-25-12(20)21)9-10(18-26-16-9)17-24-4-3-15-27(22)23;1-4(2)3(5)6/h1-2,5,27H,3-4H2,(H,17,18)(H,15,22,23);1-2H3,(H,5,6). The Hall–Kier alpha value is -3.35. The molecule has 3 rings (SSSR count). The number of thiol groups is 1. The molecule has 1 aromatic carbocycles. The number of nitrogens with one attached hydrogen (secondary N) is 2. The molecule has 0 bridgehead atoms. The molecule has 2 heterocycles. The number of rotatable bonds is 8. The average Bonchev–Trinajstić information content (AvgIpc) is 3.36. The number of hydrogen-bond donors (Lipinski definition) is 4. The van der Waals surface area contributed by atoms with Gasteiger partial charge in [-0.25, -0.2) is 41.8 Å². The van der Waals surface area contributed by atoms with Crippen LogP contribution in [0.25, 0.3) is 17.2 Å². The molecule has 0 aliphatic carbocycles. The van der Waals surface area contributed by atoms with Crippen molar-refractivity contribution in [1.82, 2.24) is 29.7 Å². The highest BCUT2D eigenvalue weighted by Gasteiger charge is 2.23. The first-order chi connectivity index (χ1) is 15.6. The van der Waals surface area contributed by atoms with Crippen molar-refractivity contribution in [3.63, 3.8) is 0 Å². The van der Waals surface area contributed by atoms with Gasteiger partial charge in [-0.2, -0.15) is 0 Å². The highest BCUT2D eigenvalue weighted by atomic mass is 79.9. The molecule has 0 saturated carbocycles. The van der Waals surface area contributed by atoms with Crippen molar-refractivity contribution in [1.29, 1.82) is 0 Å². The zero-order valence-electron chi connectivity index (χ0n) is 16.9. The number of amides is 1. The second-order valence-electron chi connectivity index (χ2n) is 5.96. The lowest BCUT2D eigenvalue weighted by Crippen LogP contribution is -2.19. The van der Waals surface area contributed by atoms with E-state index in [0.717, 1.165) is 15.5 Å². The van der Waals surface area contributed by atoms with E-state index in [1.54, 1.807) is 0 Å². The van der Waals surface area contributed by atoms with Crippen LogP contribution in [-0.2, 0) is 15.7 Å². The summed E-state index contributed by atoms with van der Waals surface area (Å²) < 4.78 is 46.8. The number of nitrogens with zero attached hydrogens (tertiary/aromatic N) is 5. The molecule has 0 atom stereocenters. The SMILES string of the molecule is CN(C)C(=O)O.O=c1onc(-c2nonc2NOCCN[SH](=O)=O)n1-c1ccc(F)c(Br)c1. The number of carboxylic acid groups (broad SMARTS) is 1. The maximum absolute atomic E-state index is 13.5. The van der Waals surface area contributed by atoms with Crippen molar-refractivity contribution in [2.45, 2.75) is 0 Å². The summed E-state index contributed by atoms with van der Waals surface area (Å²) in [5, 5.41) is 18.8. The van der Waals surface area contributed by atoms with E-state index in [-0.39, 0.29) is 40.6 Å². The van der Waals surface area contributed by atoms with Crippen LogP contribution in [0.5, 0.6) is 0 Å². The summed E-state index contributed by atoms with van der Waals surface area (Å²) in [6.45, 7) is -0.0171. The maximum Gasteiger partial charge on any atom is 0.446 e. The molecule has 0 radical (unpaired) electrons. The van der Waals surface area contributed by atoms with E-state index in [4.69, 9.17) is 9.94 Å². The molecule has 15 nitrogen and oxygen atoms in total. The normalized spacial score (nSPS) is 10.6. The number of halogens is 2. The van der Waals surface area contributed by atoms with Crippen LogP contribution in [0.4, 0.5) is 15.0 Å². The van der Waals surface area contributed by atoms with E-state index < -0.39 is 28.6 Å². The summed E-state index contributed by atoms with van der Waals surface area (Å²) in [6, 6.07) is 3.85. The predicted molar refractivity (Wildman–Crippen MR) is 113 cm³/mol. The molecule has 0 spiro atoms. The van der Waals surface area contributed by atoms with Gasteiger partial charge in [-0.3, -0.25) is 9.36 Å². The first-order valence-electron chi connectivity index (χ1n) is 8.64. The van der Waals surface area contributed by atoms with Gasteiger partial charge in [0.1, 0.15) is 5.82 Å². The van der Waals surface area contributed by atoms with Crippen molar-refractivity contribution < 1.29 is 36.7 Å². The van der Waals surface area contributed by atoms with Gasteiger partial charge in [-0.05, 0) is 44.4 Å². The fraction of sp³-hybridized carbons (Fsp3) is 0.267. The predicted octanol–water partition coefficient (Wildman–Crippen LogP) is 0.463. The van der Waals surface area contributed by atoms with Crippen LogP contribution < -0.4 is 16.0 Å². The van der Waals surface area contributed by atoms with Crippen molar-refractivity contribution in [3.05, 3.63) is 39.0 Å².